The molecule has 0 saturated carbocycles. The van der Waals surface area contributed by atoms with Gasteiger partial charge in [0.05, 0.1) is 11.4 Å². The van der Waals surface area contributed by atoms with E-state index in [0.717, 1.165) is 13.0 Å². The lowest BCUT2D eigenvalue weighted by molar-refractivity contribution is 0.241. The van der Waals surface area contributed by atoms with E-state index in [0.29, 0.717) is 19.6 Å². The minimum atomic E-state index is -0.157. The topological polar surface area (TPSA) is 70.4 Å². The highest BCUT2D eigenvalue weighted by atomic mass is 32.2. The molecule has 0 atom stereocenters. The van der Waals surface area contributed by atoms with Crippen molar-refractivity contribution in [3.05, 3.63) is 48.5 Å². The number of nitrogens with one attached hydrogen (secondary N) is 2. The Labute approximate surface area is 146 Å². The molecule has 126 valence electrons. The number of hydrogen-bond donors (Lipinski definition) is 3. The maximum Gasteiger partial charge on any atom is 0.314 e. The molecule has 1 aliphatic rings. The molecule has 5 nitrogen and oxygen atoms in total. The molecule has 2 aromatic carbocycles. The lowest BCUT2D eigenvalue weighted by Gasteiger charge is -2.32. The quantitative estimate of drug-likeness (QED) is 0.706. The van der Waals surface area contributed by atoms with Gasteiger partial charge in [-0.2, -0.15) is 0 Å². The molecule has 0 fully saturated rings. The first-order valence-corrected chi connectivity index (χ1v) is 8.96. The van der Waals surface area contributed by atoms with Gasteiger partial charge in [-0.25, -0.2) is 4.79 Å². The van der Waals surface area contributed by atoms with E-state index < -0.39 is 0 Å². The third-order valence-electron chi connectivity index (χ3n) is 3.81. The smallest absolute Gasteiger partial charge is 0.314 e. The molecule has 0 radical (unpaired) electrons. The highest BCUT2D eigenvalue weighted by molar-refractivity contribution is 7.99. The van der Waals surface area contributed by atoms with Gasteiger partial charge in [-0.05, 0) is 30.7 Å². The Bertz CT molecular complexity index is 661. The summed E-state index contributed by atoms with van der Waals surface area (Å²) in [4.78, 5) is 16.4. The van der Waals surface area contributed by atoms with Crippen molar-refractivity contribution in [2.24, 2.45) is 5.73 Å². The summed E-state index contributed by atoms with van der Waals surface area (Å²) in [5.41, 5.74) is 7.83. The Morgan fingerprint density at radius 2 is 1.54 bits per heavy atom. The van der Waals surface area contributed by atoms with Gasteiger partial charge >= 0.3 is 6.03 Å². The number of carbonyl (C=O) groups is 1. The van der Waals surface area contributed by atoms with Crippen LogP contribution in [0.15, 0.2) is 58.3 Å². The standard InChI is InChI=1S/C18H22N4OS/c19-10-12-21-18(23)20-11-5-13-22-14-6-1-3-8-16(14)24-17-9-4-2-7-15(17)22/h1-4,6-9H,5,10-13,19H2,(H2,20,21,23). The fourth-order valence-corrected chi connectivity index (χ4v) is 3.81. The molecule has 0 bridgehead atoms. The lowest BCUT2D eigenvalue weighted by atomic mass is 10.2. The van der Waals surface area contributed by atoms with Crippen LogP contribution in [0.5, 0.6) is 0 Å². The van der Waals surface area contributed by atoms with Crippen molar-refractivity contribution in [2.45, 2.75) is 16.2 Å². The molecule has 1 aliphatic heterocycles. The van der Waals surface area contributed by atoms with Crippen LogP contribution >= 0.6 is 11.8 Å². The molecule has 0 aliphatic carbocycles. The van der Waals surface area contributed by atoms with Crippen molar-refractivity contribution < 1.29 is 4.79 Å². The summed E-state index contributed by atoms with van der Waals surface area (Å²) < 4.78 is 0. The van der Waals surface area contributed by atoms with Crippen LogP contribution in [0.2, 0.25) is 0 Å². The molecule has 6 heteroatoms. The van der Waals surface area contributed by atoms with Crippen molar-refractivity contribution in [1.82, 2.24) is 10.6 Å². The first-order chi connectivity index (χ1) is 11.8. The molecule has 1 heterocycles. The van der Waals surface area contributed by atoms with Gasteiger partial charge in [-0.3, -0.25) is 0 Å². The van der Waals surface area contributed by atoms with Gasteiger partial charge in [-0.1, -0.05) is 36.0 Å². The van der Waals surface area contributed by atoms with Crippen LogP contribution in [0, 0.1) is 0 Å². The summed E-state index contributed by atoms with van der Waals surface area (Å²) in [7, 11) is 0. The average molecular weight is 342 g/mol. The Morgan fingerprint density at radius 3 is 2.17 bits per heavy atom. The van der Waals surface area contributed by atoms with Crippen LogP contribution in [0.25, 0.3) is 0 Å². The second-order valence-corrected chi connectivity index (χ2v) is 6.60. The summed E-state index contributed by atoms with van der Waals surface area (Å²) in [6, 6.07) is 16.7. The largest absolute Gasteiger partial charge is 0.340 e. The van der Waals surface area contributed by atoms with Gasteiger partial charge < -0.3 is 21.3 Å². The van der Waals surface area contributed by atoms with Crippen molar-refractivity contribution in [1.29, 1.82) is 0 Å². The van der Waals surface area contributed by atoms with Gasteiger partial charge in [-0.15, -0.1) is 0 Å². The number of para-hydroxylation sites is 2. The van der Waals surface area contributed by atoms with Gasteiger partial charge in [0.15, 0.2) is 0 Å². The van der Waals surface area contributed by atoms with Crippen molar-refractivity contribution in [3.8, 4) is 0 Å². The molecular weight excluding hydrogens is 320 g/mol. The number of hydrogen-bond acceptors (Lipinski definition) is 4. The van der Waals surface area contributed by atoms with Gasteiger partial charge in [0, 0.05) is 36.0 Å². The number of fused-ring (bicyclic) bond motifs is 2. The Kier molecular flexibility index (Phi) is 5.61. The van der Waals surface area contributed by atoms with E-state index in [1.165, 1.54) is 21.2 Å². The van der Waals surface area contributed by atoms with Crippen LogP contribution < -0.4 is 21.3 Å². The van der Waals surface area contributed by atoms with E-state index in [9.17, 15) is 4.79 Å². The summed E-state index contributed by atoms with van der Waals surface area (Å²) in [6.07, 6.45) is 0.864. The van der Waals surface area contributed by atoms with E-state index in [4.69, 9.17) is 5.73 Å². The van der Waals surface area contributed by atoms with Crippen LogP contribution in [0.4, 0.5) is 16.2 Å². The normalized spacial score (nSPS) is 12.3. The molecule has 2 amide bonds. The molecule has 0 aromatic heterocycles. The number of benzene rings is 2. The van der Waals surface area contributed by atoms with E-state index >= 15 is 0 Å². The lowest BCUT2D eigenvalue weighted by Crippen LogP contribution is -2.39. The monoisotopic (exact) mass is 342 g/mol. The zero-order valence-electron chi connectivity index (χ0n) is 13.5. The minimum Gasteiger partial charge on any atom is -0.340 e. The molecule has 4 N–H and O–H groups in total. The maximum atomic E-state index is 11.6. The van der Waals surface area contributed by atoms with Crippen molar-refractivity contribution in [2.75, 3.05) is 31.1 Å². The van der Waals surface area contributed by atoms with Crippen LogP contribution in [-0.4, -0.2) is 32.2 Å². The van der Waals surface area contributed by atoms with E-state index in [-0.39, 0.29) is 6.03 Å². The summed E-state index contributed by atoms with van der Waals surface area (Å²) >= 11 is 1.81. The maximum absolute atomic E-state index is 11.6. The van der Waals surface area contributed by atoms with E-state index in [2.05, 4.69) is 64.1 Å². The fraction of sp³-hybridized carbons (Fsp3) is 0.278. The molecular formula is C18H22N4OS. The zero-order chi connectivity index (χ0) is 16.8. The highest BCUT2D eigenvalue weighted by Crippen LogP contribution is 2.47. The van der Waals surface area contributed by atoms with Gasteiger partial charge in [0.2, 0.25) is 0 Å². The highest BCUT2D eigenvalue weighted by Gasteiger charge is 2.22. The number of amides is 2. The Hall–Kier alpha value is -2.18. The Morgan fingerprint density at radius 1 is 0.958 bits per heavy atom. The molecule has 3 rings (SSSR count). The number of anilines is 2. The molecule has 0 saturated heterocycles. The third-order valence-corrected chi connectivity index (χ3v) is 4.94. The molecule has 0 unspecified atom stereocenters. The van der Waals surface area contributed by atoms with Crippen molar-refractivity contribution >= 4 is 29.2 Å². The fourth-order valence-electron chi connectivity index (χ4n) is 2.71. The van der Waals surface area contributed by atoms with Gasteiger partial charge in [0.1, 0.15) is 0 Å². The SMILES string of the molecule is NCCNC(=O)NCCCN1c2ccccc2Sc2ccccc21. The number of rotatable bonds is 6. The first kappa shape index (κ1) is 16.7. The van der Waals surface area contributed by atoms with Crippen LogP contribution in [-0.2, 0) is 0 Å². The second kappa shape index (κ2) is 8.08. The molecule has 2 aromatic rings. The predicted molar refractivity (Wildman–Crippen MR) is 99.1 cm³/mol. The van der Waals surface area contributed by atoms with Crippen LogP contribution in [0.1, 0.15) is 6.42 Å². The second-order valence-electron chi connectivity index (χ2n) is 5.51. The number of urea groups is 1. The molecule has 0 spiro atoms. The number of nitrogens with two attached hydrogens (primary N) is 1. The zero-order valence-corrected chi connectivity index (χ0v) is 14.3. The summed E-state index contributed by atoms with van der Waals surface area (Å²) in [5.74, 6) is 0. The summed E-state index contributed by atoms with van der Waals surface area (Å²) in [5, 5.41) is 5.58. The first-order valence-electron chi connectivity index (χ1n) is 8.15. The number of carbonyl (C=O) groups excluding carboxylic acids is 1. The van der Waals surface area contributed by atoms with E-state index in [1.807, 2.05) is 0 Å². The predicted octanol–water partition coefficient (Wildman–Crippen LogP) is 2.94. The minimum absolute atomic E-state index is 0.157. The van der Waals surface area contributed by atoms with Gasteiger partial charge in [0.25, 0.3) is 0 Å². The molecule has 24 heavy (non-hydrogen) atoms. The summed E-state index contributed by atoms with van der Waals surface area (Å²) in [6.45, 7) is 2.43. The van der Waals surface area contributed by atoms with Crippen LogP contribution in [0.3, 0.4) is 0 Å². The third kappa shape index (κ3) is 3.83. The Balaban J connectivity index is 1.64. The van der Waals surface area contributed by atoms with E-state index in [1.54, 1.807) is 11.8 Å². The number of nitrogens with zero attached hydrogens (tertiary/aromatic N) is 1. The average Bonchev–Trinajstić information content (AvgIpc) is 2.62. The van der Waals surface area contributed by atoms with Crippen molar-refractivity contribution in [3.63, 3.8) is 0 Å².